The Kier molecular flexibility index (Phi) is 6.34. The zero-order valence-corrected chi connectivity index (χ0v) is 16.7. The quantitative estimate of drug-likeness (QED) is 0.370. The van der Waals surface area contributed by atoms with Crippen LogP contribution in [0.3, 0.4) is 0 Å². The standard InChI is InChI=1S/C20H19ClN4O5/c1-24-16(19(28)25(20(24)29)15-8-4-13(21)5-9-15)10-11-17(26)22-14-6-2-12(3-7-14)18(27)23-30/h2-9,16,30H,10-11H2,1H3,(H,22,26)(H,23,27). The van der Waals surface area contributed by atoms with E-state index in [0.717, 1.165) is 4.90 Å². The number of hydrogen-bond donors (Lipinski definition) is 3. The maximum atomic E-state index is 12.8. The summed E-state index contributed by atoms with van der Waals surface area (Å²) >= 11 is 5.86. The van der Waals surface area contributed by atoms with Crippen LogP contribution in [0.1, 0.15) is 23.2 Å². The van der Waals surface area contributed by atoms with E-state index in [1.807, 2.05) is 0 Å². The first-order valence-electron chi connectivity index (χ1n) is 9.02. The first-order valence-corrected chi connectivity index (χ1v) is 9.40. The largest absolute Gasteiger partial charge is 0.331 e. The maximum Gasteiger partial charge on any atom is 0.331 e. The lowest BCUT2D eigenvalue weighted by molar-refractivity contribution is -0.120. The van der Waals surface area contributed by atoms with E-state index >= 15 is 0 Å². The van der Waals surface area contributed by atoms with Crippen molar-refractivity contribution >= 4 is 46.7 Å². The van der Waals surface area contributed by atoms with E-state index < -0.39 is 23.9 Å². The van der Waals surface area contributed by atoms with E-state index in [-0.39, 0.29) is 24.3 Å². The highest BCUT2D eigenvalue weighted by atomic mass is 35.5. The molecule has 1 fully saturated rings. The molecule has 3 rings (SSSR count). The number of urea groups is 1. The molecule has 9 nitrogen and oxygen atoms in total. The molecule has 1 unspecified atom stereocenters. The van der Waals surface area contributed by atoms with Gasteiger partial charge in [0.15, 0.2) is 0 Å². The van der Waals surface area contributed by atoms with Gasteiger partial charge in [-0.3, -0.25) is 19.6 Å². The summed E-state index contributed by atoms with van der Waals surface area (Å²) < 4.78 is 0. The van der Waals surface area contributed by atoms with Crippen molar-refractivity contribution in [3.8, 4) is 0 Å². The Morgan fingerprint density at radius 2 is 1.70 bits per heavy atom. The molecule has 3 N–H and O–H groups in total. The first-order chi connectivity index (χ1) is 14.3. The molecule has 1 saturated heterocycles. The molecule has 0 spiro atoms. The van der Waals surface area contributed by atoms with Gasteiger partial charge in [-0.15, -0.1) is 0 Å². The Morgan fingerprint density at radius 1 is 1.07 bits per heavy atom. The number of nitrogens with one attached hydrogen (secondary N) is 2. The summed E-state index contributed by atoms with van der Waals surface area (Å²) in [7, 11) is 1.52. The molecule has 0 aliphatic carbocycles. The van der Waals surface area contributed by atoms with Crippen molar-refractivity contribution in [3.63, 3.8) is 0 Å². The third-order valence-electron chi connectivity index (χ3n) is 4.73. The van der Waals surface area contributed by atoms with Crippen molar-refractivity contribution in [2.24, 2.45) is 0 Å². The molecule has 2 aromatic carbocycles. The molecule has 5 amide bonds. The molecule has 0 radical (unpaired) electrons. The number of anilines is 2. The fourth-order valence-electron chi connectivity index (χ4n) is 3.11. The van der Waals surface area contributed by atoms with Crippen molar-refractivity contribution in [3.05, 3.63) is 59.1 Å². The summed E-state index contributed by atoms with van der Waals surface area (Å²) in [5, 5.41) is 11.8. The van der Waals surface area contributed by atoms with Gasteiger partial charge in [-0.1, -0.05) is 11.6 Å². The number of carbonyl (C=O) groups excluding carboxylic acids is 4. The van der Waals surface area contributed by atoms with Gasteiger partial charge in [0.1, 0.15) is 6.04 Å². The van der Waals surface area contributed by atoms with Crippen LogP contribution in [0.4, 0.5) is 16.2 Å². The van der Waals surface area contributed by atoms with Crippen LogP contribution in [0.15, 0.2) is 48.5 Å². The number of carbonyl (C=O) groups is 4. The molecule has 30 heavy (non-hydrogen) atoms. The van der Waals surface area contributed by atoms with E-state index in [2.05, 4.69) is 5.32 Å². The number of amides is 5. The molecule has 0 bridgehead atoms. The van der Waals surface area contributed by atoms with E-state index in [1.165, 1.54) is 41.7 Å². The van der Waals surface area contributed by atoms with E-state index in [4.69, 9.17) is 16.8 Å². The van der Waals surface area contributed by atoms with Gasteiger partial charge in [0.2, 0.25) is 5.91 Å². The third-order valence-corrected chi connectivity index (χ3v) is 4.98. The SMILES string of the molecule is CN1C(=O)N(c2ccc(Cl)cc2)C(=O)C1CCC(=O)Nc1ccc(C(=O)NO)cc1. The lowest BCUT2D eigenvalue weighted by Crippen LogP contribution is -2.32. The number of benzene rings is 2. The van der Waals surface area contributed by atoms with Crippen molar-refractivity contribution in [1.82, 2.24) is 10.4 Å². The van der Waals surface area contributed by atoms with Gasteiger partial charge in [-0.2, -0.15) is 0 Å². The number of halogens is 1. The van der Waals surface area contributed by atoms with E-state index in [0.29, 0.717) is 16.4 Å². The van der Waals surface area contributed by atoms with Gasteiger partial charge in [-0.05, 0) is 55.0 Å². The van der Waals surface area contributed by atoms with Crippen LogP contribution in [-0.2, 0) is 9.59 Å². The minimum absolute atomic E-state index is 0.0152. The zero-order valence-electron chi connectivity index (χ0n) is 16.0. The Hall–Kier alpha value is -3.43. The normalized spacial score (nSPS) is 16.0. The highest BCUT2D eigenvalue weighted by molar-refractivity contribution is 6.30. The fourth-order valence-corrected chi connectivity index (χ4v) is 3.23. The molecule has 2 aromatic rings. The summed E-state index contributed by atoms with van der Waals surface area (Å²) in [6, 6.07) is 11.0. The lowest BCUT2D eigenvalue weighted by atomic mass is 10.1. The predicted molar refractivity (Wildman–Crippen MR) is 109 cm³/mol. The molecule has 1 heterocycles. The monoisotopic (exact) mass is 430 g/mol. The first kappa shape index (κ1) is 21.3. The molecular formula is C20H19ClN4O5. The van der Waals surface area contributed by atoms with Gasteiger partial charge in [-0.25, -0.2) is 15.2 Å². The van der Waals surface area contributed by atoms with Crippen molar-refractivity contribution in [2.45, 2.75) is 18.9 Å². The Bertz CT molecular complexity index is 978. The smallest absolute Gasteiger partial charge is 0.326 e. The highest BCUT2D eigenvalue weighted by Crippen LogP contribution is 2.27. The van der Waals surface area contributed by atoms with Gasteiger partial charge in [0.25, 0.3) is 11.8 Å². The zero-order chi connectivity index (χ0) is 21.8. The van der Waals surface area contributed by atoms with E-state index in [9.17, 15) is 19.2 Å². The molecule has 1 aliphatic heterocycles. The highest BCUT2D eigenvalue weighted by Gasteiger charge is 2.43. The number of nitrogens with zero attached hydrogens (tertiary/aromatic N) is 2. The number of hydroxylamine groups is 1. The van der Waals surface area contributed by atoms with Gasteiger partial charge < -0.3 is 10.2 Å². The van der Waals surface area contributed by atoms with Crippen molar-refractivity contribution < 1.29 is 24.4 Å². The van der Waals surface area contributed by atoms with Crippen molar-refractivity contribution in [2.75, 3.05) is 17.3 Å². The number of rotatable bonds is 6. The Morgan fingerprint density at radius 3 is 2.30 bits per heavy atom. The van der Waals surface area contributed by atoms with Gasteiger partial charge >= 0.3 is 6.03 Å². The minimum Gasteiger partial charge on any atom is -0.326 e. The maximum absolute atomic E-state index is 12.8. The van der Waals surface area contributed by atoms with Crippen LogP contribution in [0.5, 0.6) is 0 Å². The fraction of sp³-hybridized carbons (Fsp3) is 0.200. The summed E-state index contributed by atoms with van der Waals surface area (Å²) in [6.07, 6.45) is 0.170. The van der Waals surface area contributed by atoms with Crippen LogP contribution in [-0.4, -0.2) is 46.9 Å². The second-order valence-electron chi connectivity index (χ2n) is 6.66. The molecule has 10 heteroatoms. The topological polar surface area (TPSA) is 119 Å². The van der Waals surface area contributed by atoms with Crippen LogP contribution >= 0.6 is 11.6 Å². The molecule has 1 aliphatic rings. The third kappa shape index (κ3) is 4.42. The van der Waals surface area contributed by atoms with Crippen LogP contribution in [0.25, 0.3) is 0 Å². The summed E-state index contributed by atoms with van der Waals surface area (Å²) in [5.74, 6) is -1.41. The molecular weight excluding hydrogens is 412 g/mol. The van der Waals surface area contributed by atoms with Crippen molar-refractivity contribution in [1.29, 1.82) is 0 Å². The Balaban J connectivity index is 1.60. The Labute approximate surface area is 177 Å². The molecule has 0 aromatic heterocycles. The molecule has 156 valence electrons. The van der Waals surface area contributed by atoms with Crippen LogP contribution < -0.4 is 15.7 Å². The van der Waals surface area contributed by atoms with E-state index in [1.54, 1.807) is 24.3 Å². The average Bonchev–Trinajstić information content (AvgIpc) is 2.95. The predicted octanol–water partition coefficient (Wildman–Crippen LogP) is 2.64. The lowest BCUT2D eigenvalue weighted by Gasteiger charge is -2.15. The van der Waals surface area contributed by atoms with Crippen LogP contribution in [0, 0.1) is 0 Å². The van der Waals surface area contributed by atoms with Gasteiger partial charge in [0.05, 0.1) is 5.69 Å². The molecule has 0 saturated carbocycles. The minimum atomic E-state index is -0.755. The second-order valence-corrected chi connectivity index (χ2v) is 7.10. The van der Waals surface area contributed by atoms with Crippen LogP contribution in [0.2, 0.25) is 5.02 Å². The van der Waals surface area contributed by atoms with Gasteiger partial charge in [0, 0.05) is 29.7 Å². The summed E-state index contributed by atoms with van der Waals surface area (Å²) in [4.78, 5) is 51.2. The summed E-state index contributed by atoms with van der Waals surface area (Å²) in [6.45, 7) is 0. The number of likely N-dealkylation sites (N-methyl/N-ethyl adjacent to an activating group) is 1. The second kappa shape index (κ2) is 8.93. The number of imide groups is 1. The molecule has 1 atom stereocenters. The number of hydrogen-bond acceptors (Lipinski definition) is 5. The average molecular weight is 431 g/mol. The summed E-state index contributed by atoms with van der Waals surface area (Å²) in [5.41, 5.74) is 2.63.